The van der Waals surface area contributed by atoms with Crippen molar-refractivity contribution in [3.8, 4) is 0 Å². The lowest BCUT2D eigenvalue weighted by Gasteiger charge is -2.07. The molecule has 5 nitrogen and oxygen atoms in total. The maximum atomic E-state index is 3.85. The lowest BCUT2D eigenvalue weighted by Crippen LogP contribution is -2.12. The standard InChI is InChI=1S/C7H15N5S/c1-12(2)5-3-4-6-13-7-8-10-11-9-7/h3-6H2,1-2H3,(H,8,9,10,11). The number of aromatic nitrogens is 4. The molecule has 0 unspecified atom stereocenters. The first kappa shape index (κ1) is 10.5. The van der Waals surface area contributed by atoms with Crippen molar-refractivity contribution in [2.45, 2.75) is 18.0 Å². The quantitative estimate of drug-likeness (QED) is 0.540. The molecule has 1 aromatic heterocycles. The van der Waals surface area contributed by atoms with Crippen molar-refractivity contribution in [2.24, 2.45) is 0 Å². The van der Waals surface area contributed by atoms with E-state index in [0.29, 0.717) is 0 Å². The van der Waals surface area contributed by atoms with Gasteiger partial charge in [-0.15, -0.1) is 10.2 Å². The van der Waals surface area contributed by atoms with Crippen LogP contribution in [0.25, 0.3) is 0 Å². The fourth-order valence-corrected chi connectivity index (χ4v) is 1.64. The molecule has 0 bridgehead atoms. The Labute approximate surface area is 82.3 Å². The van der Waals surface area contributed by atoms with Crippen molar-refractivity contribution in [1.82, 2.24) is 25.5 Å². The SMILES string of the molecule is CN(C)CCCCSc1nn[nH]n1. The van der Waals surface area contributed by atoms with Gasteiger partial charge in [-0.25, -0.2) is 0 Å². The predicted molar refractivity (Wildman–Crippen MR) is 52.7 cm³/mol. The first-order valence-corrected chi connectivity index (χ1v) is 5.28. The van der Waals surface area contributed by atoms with E-state index in [9.17, 15) is 0 Å². The van der Waals surface area contributed by atoms with E-state index < -0.39 is 0 Å². The molecule has 0 saturated heterocycles. The Balaban J connectivity index is 1.96. The molecule has 74 valence electrons. The molecule has 0 aliphatic rings. The monoisotopic (exact) mass is 201 g/mol. The minimum atomic E-state index is 0.741. The van der Waals surface area contributed by atoms with Crippen molar-refractivity contribution in [2.75, 3.05) is 26.4 Å². The molecule has 0 saturated carbocycles. The molecule has 0 aromatic carbocycles. The summed E-state index contributed by atoms with van der Waals surface area (Å²) in [6.45, 7) is 1.15. The number of unbranched alkanes of at least 4 members (excludes halogenated alkanes) is 1. The van der Waals surface area contributed by atoms with Crippen molar-refractivity contribution in [3.63, 3.8) is 0 Å². The fraction of sp³-hybridized carbons (Fsp3) is 0.857. The van der Waals surface area contributed by atoms with Gasteiger partial charge >= 0.3 is 0 Å². The number of thioether (sulfide) groups is 1. The first-order chi connectivity index (χ1) is 6.29. The van der Waals surface area contributed by atoms with E-state index in [4.69, 9.17) is 0 Å². The molecule has 0 aliphatic heterocycles. The zero-order chi connectivity index (χ0) is 9.52. The normalized spacial score (nSPS) is 11.0. The molecule has 6 heteroatoms. The van der Waals surface area contributed by atoms with Gasteiger partial charge in [0.2, 0.25) is 5.16 Å². The Morgan fingerprint density at radius 2 is 2.23 bits per heavy atom. The summed E-state index contributed by atoms with van der Waals surface area (Å²) in [4.78, 5) is 2.19. The number of hydrogen-bond acceptors (Lipinski definition) is 5. The van der Waals surface area contributed by atoms with Crippen LogP contribution in [0.5, 0.6) is 0 Å². The lowest BCUT2D eigenvalue weighted by atomic mass is 10.3. The van der Waals surface area contributed by atoms with Crippen LogP contribution >= 0.6 is 11.8 Å². The van der Waals surface area contributed by atoms with E-state index in [-0.39, 0.29) is 0 Å². The van der Waals surface area contributed by atoms with E-state index in [1.165, 1.54) is 12.8 Å². The molecule has 0 spiro atoms. The molecule has 13 heavy (non-hydrogen) atoms. The van der Waals surface area contributed by atoms with Crippen LogP contribution in [0.2, 0.25) is 0 Å². The summed E-state index contributed by atoms with van der Waals surface area (Å²) in [5.74, 6) is 1.06. The molecular weight excluding hydrogens is 186 g/mol. The van der Waals surface area contributed by atoms with Crippen molar-refractivity contribution in [1.29, 1.82) is 0 Å². The largest absolute Gasteiger partial charge is 0.309 e. The molecule has 1 aromatic rings. The highest BCUT2D eigenvalue weighted by molar-refractivity contribution is 7.99. The van der Waals surface area contributed by atoms with E-state index >= 15 is 0 Å². The van der Waals surface area contributed by atoms with Gasteiger partial charge in [0, 0.05) is 5.75 Å². The Morgan fingerprint density at radius 1 is 1.38 bits per heavy atom. The van der Waals surface area contributed by atoms with Crippen molar-refractivity contribution < 1.29 is 0 Å². The zero-order valence-electron chi connectivity index (χ0n) is 8.03. The zero-order valence-corrected chi connectivity index (χ0v) is 8.84. The Bertz CT molecular complexity index is 211. The summed E-state index contributed by atoms with van der Waals surface area (Å²) in [6.07, 6.45) is 2.41. The molecule has 0 radical (unpaired) electrons. The number of nitrogens with zero attached hydrogens (tertiary/aromatic N) is 4. The van der Waals surface area contributed by atoms with Crippen LogP contribution in [0, 0.1) is 0 Å². The van der Waals surface area contributed by atoms with Gasteiger partial charge in [0.05, 0.1) is 0 Å². The maximum absolute atomic E-state index is 3.85. The van der Waals surface area contributed by atoms with Crippen LogP contribution in [-0.2, 0) is 0 Å². The van der Waals surface area contributed by atoms with Gasteiger partial charge in [0.1, 0.15) is 0 Å². The number of H-pyrrole nitrogens is 1. The van der Waals surface area contributed by atoms with E-state index in [2.05, 4.69) is 39.6 Å². The maximum Gasteiger partial charge on any atom is 0.230 e. The third-order valence-corrected chi connectivity index (χ3v) is 2.48. The van der Waals surface area contributed by atoms with Crippen LogP contribution in [0.1, 0.15) is 12.8 Å². The molecule has 1 heterocycles. The molecule has 0 aliphatic carbocycles. The summed E-state index contributed by atoms with van der Waals surface area (Å²) in [6, 6.07) is 0. The van der Waals surface area contributed by atoms with Gasteiger partial charge in [0.25, 0.3) is 0 Å². The molecule has 0 fully saturated rings. The van der Waals surface area contributed by atoms with Crippen molar-refractivity contribution in [3.05, 3.63) is 0 Å². The number of aromatic amines is 1. The van der Waals surface area contributed by atoms with Gasteiger partial charge in [0.15, 0.2) is 0 Å². The Morgan fingerprint density at radius 3 is 2.85 bits per heavy atom. The topological polar surface area (TPSA) is 57.7 Å². The second-order valence-corrected chi connectivity index (χ2v) is 4.12. The Kier molecular flexibility index (Phi) is 4.77. The highest BCUT2D eigenvalue weighted by Crippen LogP contribution is 2.11. The van der Waals surface area contributed by atoms with Crippen LogP contribution in [0.4, 0.5) is 0 Å². The van der Waals surface area contributed by atoms with Crippen LogP contribution in [0.3, 0.4) is 0 Å². The van der Waals surface area contributed by atoms with Gasteiger partial charge in [-0.05, 0) is 38.7 Å². The van der Waals surface area contributed by atoms with E-state index in [0.717, 1.165) is 17.5 Å². The first-order valence-electron chi connectivity index (χ1n) is 4.30. The summed E-state index contributed by atoms with van der Waals surface area (Å²) in [5.41, 5.74) is 0. The summed E-state index contributed by atoms with van der Waals surface area (Å²) in [7, 11) is 4.18. The second kappa shape index (κ2) is 5.93. The van der Waals surface area contributed by atoms with Gasteiger partial charge in [-0.1, -0.05) is 11.8 Å². The number of rotatable bonds is 6. The Hall–Kier alpha value is -0.620. The third-order valence-electron chi connectivity index (χ3n) is 1.56. The summed E-state index contributed by atoms with van der Waals surface area (Å²) >= 11 is 1.64. The molecule has 0 atom stereocenters. The molecule has 1 N–H and O–H groups in total. The van der Waals surface area contributed by atoms with Gasteiger partial charge in [-0.3, -0.25) is 0 Å². The number of nitrogens with one attached hydrogen (secondary N) is 1. The van der Waals surface area contributed by atoms with Gasteiger partial charge < -0.3 is 4.90 Å². The number of tetrazole rings is 1. The number of hydrogen-bond donors (Lipinski definition) is 1. The third kappa shape index (κ3) is 4.84. The predicted octanol–water partition coefficient (Wildman–Crippen LogP) is 0.634. The second-order valence-electron chi connectivity index (χ2n) is 3.05. The van der Waals surface area contributed by atoms with Crippen LogP contribution in [-0.4, -0.2) is 51.9 Å². The van der Waals surface area contributed by atoms with Crippen LogP contribution < -0.4 is 0 Å². The lowest BCUT2D eigenvalue weighted by molar-refractivity contribution is 0.399. The molecule has 1 rings (SSSR count). The minimum Gasteiger partial charge on any atom is -0.309 e. The summed E-state index contributed by atoms with van der Waals surface area (Å²) < 4.78 is 0. The van der Waals surface area contributed by atoms with Gasteiger partial charge in [-0.2, -0.15) is 5.21 Å². The van der Waals surface area contributed by atoms with E-state index in [1.807, 2.05) is 0 Å². The summed E-state index contributed by atoms with van der Waals surface area (Å²) in [5, 5.41) is 14.4. The molecule has 0 amide bonds. The average molecular weight is 201 g/mol. The fourth-order valence-electron chi connectivity index (χ4n) is 0.907. The minimum absolute atomic E-state index is 0.741. The highest BCUT2D eigenvalue weighted by atomic mass is 32.2. The van der Waals surface area contributed by atoms with E-state index in [1.54, 1.807) is 11.8 Å². The van der Waals surface area contributed by atoms with Crippen molar-refractivity contribution >= 4 is 11.8 Å². The highest BCUT2D eigenvalue weighted by Gasteiger charge is 1.98. The molecular formula is C7H15N5S. The smallest absolute Gasteiger partial charge is 0.230 e. The average Bonchev–Trinajstić information content (AvgIpc) is 2.55. The van der Waals surface area contributed by atoms with Crippen LogP contribution in [0.15, 0.2) is 5.16 Å².